The van der Waals surface area contributed by atoms with E-state index in [2.05, 4.69) is 0 Å². The van der Waals surface area contributed by atoms with Crippen molar-refractivity contribution < 1.29 is 0 Å². The lowest BCUT2D eigenvalue weighted by Gasteiger charge is -2.08. The van der Waals surface area contributed by atoms with Crippen molar-refractivity contribution in [3.8, 4) is 0 Å². The summed E-state index contributed by atoms with van der Waals surface area (Å²) in [6.45, 7) is 0. The molecule has 3 rings (SSSR count). The van der Waals surface area contributed by atoms with Crippen LogP contribution in [0.4, 0.5) is 0 Å². The van der Waals surface area contributed by atoms with E-state index in [9.17, 15) is 0 Å². The van der Waals surface area contributed by atoms with Gasteiger partial charge in [0.15, 0.2) is 0 Å². The highest BCUT2D eigenvalue weighted by Gasteiger charge is 2.09. The van der Waals surface area contributed by atoms with E-state index in [4.69, 9.17) is 34.8 Å². The lowest BCUT2D eigenvalue weighted by molar-refractivity contribution is 1.76. The minimum absolute atomic E-state index is 0.670. The summed E-state index contributed by atoms with van der Waals surface area (Å²) in [6, 6.07) is 13.4. The predicted octanol–water partition coefficient (Wildman–Crippen LogP) is 5.95. The Hall–Kier alpha value is -0.950. The molecule has 0 saturated carbocycles. The molecule has 0 saturated heterocycles. The number of hydrogen-bond acceptors (Lipinski definition) is 0. The molecule has 0 aromatic heterocycles. The summed E-state index contributed by atoms with van der Waals surface area (Å²) in [6.07, 6.45) is 0. The van der Waals surface area contributed by atoms with Crippen molar-refractivity contribution in [3.05, 3.63) is 57.5 Å². The molecule has 0 N–H and O–H groups in total. The van der Waals surface area contributed by atoms with E-state index < -0.39 is 0 Å². The summed E-state index contributed by atoms with van der Waals surface area (Å²) in [5.41, 5.74) is 0. The van der Waals surface area contributed by atoms with Gasteiger partial charge in [-0.2, -0.15) is 0 Å². The van der Waals surface area contributed by atoms with Crippen LogP contribution in [-0.4, -0.2) is 0 Å². The van der Waals surface area contributed by atoms with Crippen LogP contribution in [0.25, 0.3) is 21.5 Å². The van der Waals surface area contributed by atoms with E-state index in [0.29, 0.717) is 15.1 Å². The van der Waals surface area contributed by atoms with Gasteiger partial charge < -0.3 is 0 Å². The largest absolute Gasteiger partial charge is 0.0837 e. The van der Waals surface area contributed by atoms with Gasteiger partial charge >= 0.3 is 0 Å². The molecule has 17 heavy (non-hydrogen) atoms. The maximum absolute atomic E-state index is 6.26. The van der Waals surface area contributed by atoms with Gasteiger partial charge in [-0.1, -0.05) is 59.1 Å². The van der Waals surface area contributed by atoms with Crippen molar-refractivity contribution in [2.24, 2.45) is 0 Å². The van der Waals surface area contributed by atoms with Crippen LogP contribution in [0.5, 0.6) is 0 Å². The predicted molar refractivity (Wildman–Crippen MR) is 76.5 cm³/mol. The Bertz CT molecular complexity index is 732. The first kappa shape index (κ1) is 11.2. The number of halogens is 3. The summed E-state index contributed by atoms with van der Waals surface area (Å²) in [4.78, 5) is 0. The van der Waals surface area contributed by atoms with E-state index in [1.807, 2.05) is 30.3 Å². The maximum atomic E-state index is 6.26. The van der Waals surface area contributed by atoms with Crippen molar-refractivity contribution in [1.82, 2.24) is 0 Å². The van der Waals surface area contributed by atoms with Crippen molar-refractivity contribution in [2.75, 3.05) is 0 Å². The maximum Gasteiger partial charge on any atom is 0.0492 e. The first-order valence-corrected chi connectivity index (χ1v) is 6.27. The molecular formula is C14H7Cl3. The molecular weight excluding hydrogens is 275 g/mol. The molecule has 0 heterocycles. The molecule has 0 aliphatic rings. The topological polar surface area (TPSA) is 0 Å². The third-order valence-electron chi connectivity index (χ3n) is 2.87. The molecule has 0 spiro atoms. The van der Waals surface area contributed by atoms with Crippen molar-refractivity contribution in [1.29, 1.82) is 0 Å². The number of hydrogen-bond donors (Lipinski definition) is 0. The number of benzene rings is 3. The summed E-state index contributed by atoms with van der Waals surface area (Å²) >= 11 is 18.7. The quantitative estimate of drug-likeness (QED) is 0.446. The highest BCUT2D eigenvalue weighted by molar-refractivity contribution is 6.45. The van der Waals surface area contributed by atoms with E-state index in [-0.39, 0.29) is 0 Å². The molecule has 3 heteroatoms. The molecule has 0 nitrogen and oxygen atoms in total. The number of fused-ring (bicyclic) bond motifs is 3. The fourth-order valence-electron chi connectivity index (χ4n) is 2.10. The highest BCUT2D eigenvalue weighted by Crippen LogP contribution is 2.38. The second-order valence-electron chi connectivity index (χ2n) is 3.86. The van der Waals surface area contributed by atoms with E-state index >= 15 is 0 Å². The van der Waals surface area contributed by atoms with Gasteiger partial charge in [-0.05, 0) is 23.6 Å². The second kappa shape index (κ2) is 4.06. The molecule has 0 amide bonds. The normalized spacial score (nSPS) is 11.2. The Labute approximate surface area is 114 Å². The molecule has 84 valence electrons. The smallest absolute Gasteiger partial charge is 0.0492 e. The van der Waals surface area contributed by atoms with Crippen LogP contribution >= 0.6 is 34.8 Å². The highest BCUT2D eigenvalue weighted by atomic mass is 35.5. The van der Waals surface area contributed by atoms with Crippen LogP contribution in [0.3, 0.4) is 0 Å². The van der Waals surface area contributed by atoms with Crippen LogP contribution in [-0.2, 0) is 0 Å². The fourth-order valence-corrected chi connectivity index (χ4v) is 2.86. The van der Waals surface area contributed by atoms with Crippen LogP contribution in [0, 0.1) is 0 Å². The molecule has 3 aromatic rings. The lowest BCUT2D eigenvalue weighted by Crippen LogP contribution is -1.81. The Morgan fingerprint density at radius 3 is 2.12 bits per heavy atom. The molecule has 3 aromatic carbocycles. The molecule has 0 fully saturated rings. The zero-order valence-electron chi connectivity index (χ0n) is 8.68. The van der Waals surface area contributed by atoms with Crippen LogP contribution < -0.4 is 0 Å². The van der Waals surface area contributed by atoms with Crippen LogP contribution in [0.15, 0.2) is 42.5 Å². The Morgan fingerprint density at radius 2 is 1.29 bits per heavy atom. The minimum atomic E-state index is 0.670. The van der Waals surface area contributed by atoms with Crippen LogP contribution in [0.1, 0.15) is 0 Å². The van der Waals surface area contributed by atoms with Gasteiger partial charge in [-0.25, -0.2) is 0 Å². The average Bonchev–Trinajstić information content (AvgIpc) is 2.33. The summed E-state index contributed by atoms with van der Waals surface area (Å²) < 4.78 is 0. The molecule has 0 aliphatic heterocycles. The monoisotopic (exact) mass is 280 g/mol. The van der Waals surface area contributed by atoms with Crippen LogP contribution in [0.2, 0.25) is 15.1 Å². The van der Waals surface area contributed by atoms with Crippen molar-refractivity contribution in [3.63, 3.8) is 0 Å². The Balaban J connectivity index is 2.68. The van der Waals surface area contributed by atoms with Gasteiger partial charge in [0.2, 0.25) is 0 Å². The fraction of sp³-hybridized carbons (Fsp3) is 0. The third kappa shape index (κ3) is 1.68. The molecule has 0 atom stereocenters. The summed E-state index contributed by atoms with van der Waals surface area (Å²) in [5, 5.41) is 5.92. The van der Waals surface area contributed by atoms with Gasteiger partial charge in [0.05, 0.1) is 0 Å². The van der Waals surface area contributed by atoms with E-state index in [1.165, 1.54) is 0 Å². The van der Waals surface area contributed by atoms with Gasteiger partial charge in [-0.3, -0.25) is 0 Å². The number of rotatable bonds is 0. The second-order valence-corrected chi connectivity index (χ2v) is 5.08. The van der Waals surface area contributed by atoms with Gasteiger partial charge in [0.25, 0.3) is 0 Å². The van der Waals surface area contributed by atoms with Gasteiger partial charge in [-0.15, -0.1) is 0 Å². The minimum Gasteiger partial charge on any atom is -0.0837 e. The zero-order valence-corrected chi connectivity index (χ0v) is 10.9. The Kier molecular flexibility index (Phi) is 2.67. The Morgan fingerprint density at radius 1 is 0.588 bits per heavy atom. The van der Waals surface area contributed by atoms with Crippen molar-refractivity contribution in [2.45, 2.75) is 0 Å². The third-order valence-corrected chi connectivity index (χ3v) is 3.83. The van der Waals surface area contributed by atoms with Gasteiger partial charge in [0, 0.05) is 31.2 Å². The molecule has 0 aliphatic carbocycles. The first-order valence-electron chi connectivity index (χ1n) is 5.13. The lowest BCUT2D eigenvalue weighted by atomic mass is 10.0. The zero-order chi connectivity index (χ0) is 12.0. The van der Waals surface area contributed by atoms with E-state index in [1.54, 1.807) is 12.1 Å². The molecule has 0 radical (unpaired) electrons. The standard InChI is InChI=1S/C14H7Cl3/c15-10-6-7-12(17)14-9(10)5-4-8-2-1-3-11(16)13(8)14/h1-7H. The van der Waals surface area contributed by atoms with Gasteiger partial charge in [0.1, 0.15) is 0 Å². The summed E-state index contributed by atoms with van der Waals surface area (Å²) in [5.74, 6) is 0. The van der Waals surface area contributed by atoms with Crippen molar-refractivity contribution >= 4 is 56.3 Å². The molecule has 0 bridgehead atoms. The summed E-state index contributed by atoms with van der Waals surface area (Å²) in [7, 11) is 0. The first-order chi connectivity index (χ1) is 8.18. The average molecular weight is 282 g/mol. The molecule has 0 unspecified atom stereocenters. The van der Waals surface area contributed by atoms with E-state index in [0.717, 1.165) is 21.5 Å². The SMILES string of the molecule is Clc1ccc(Cl)c2c1ccc1cccc(Cl)c12.